The molecular weight excluding hydrogens is 350 g/mol. The Balaban J connectivity index is 1.61. The maximum Gasteiger partial charge on any atom is 0.159 e. The van der Waals surface area contributed by atoms with Crippen LogP contribution in [0.15, 0.2) is 58.3 Å². The molecule has 0 radical (unpaired) electrons. The van der Waals surface area contributed by atoms with Crippen LogP contribution in [0.3, 0.4) is 0 Å². The Morgan fingerprint density at radius 3 is 2.84 bits per heavy atom. The van der Waals surface area contributed by atoms with E-state index in [-0.39, 0.29) is 0 Å². The van der Waals surface area contributed by atoms with Crippen molar-refractivity contribution in [2.75, 3.05) is 18.6 Å². The van der Waals surface area contributed by atoms with Crippen LogP contribution in [0, 0.1) is 5.92 Å². The van der Waals surface area contributed by atoms with Crippen molar-refractivity contribution < 1.29 is 9.47 Å². The molecule has 0 fully saturated rings. The largest absolute Gasteiger partial charge is 0.496 e. The van der Waals surface area contributed by atoms with Gasteiger partial charge in [0, 0.05) is 34.1 Å². The van der Waals surface area contributed by atoms with Gasteiger partial charge in [-0.3, -0.25) is 5.73 Å². The Bertz CT molecular complexity index is 710. The summed E-state index contributed by atoms with van der Waals surface area (Å²) in [6.07, 6.45) is 1.69. The van der Waals surface area contributed by atoms with Crippen LogP contribution in [-0.4, -0.2) is 24.3 Å². The highest BCUT2D eigenvalue weighted by molar-refractivity contribution is 7.99. The molecule has 5 heteroatoms. The zero-order chi connectivity index (χ0) is 17.7. The van der Waals surface area contributed by atoms with Gasteiger partial charge in [-0.05, 0) is 30.2 Å². The van der Waals surface area contributed by atoms with Crippen molar-refractivity contribution in [3.8, 4) is 11.5 Å². The van der Waals surface area contributed by atoms with Gasteiger partial charge in [0.15, 0.2) is 5.72 Å². The number of rotatable bonds is 6. The van der Waals surface area contributed by atoms with Crippen molar-refractivity contribution in [2.24, 2.45) is 11.7 Å². The Labute approximate surface area is 158 Å². The standard InChI is InChI=1S/C20H25NO2S2/c1-15(14-25-18-9-5-3-7-16(18)22-2)13-20(21)11-12-24-19-10-6-4-8-17(19)23-20/h3-10,15H,11-14,21H2,1-2H3/t15-,20-/m0/s1. The molecule has 0 aromatic heterocycles. The average molecular weight is 376 g/mol. The quantitative estimate of drug-likeness (QED) is 0.716. The second-order valence-electron chi connectivity index (χ2n) is 6.48. The minimum absolute atomic E-state index is 0.440. The summed E-state index contributed by atoms with van der Waals surface area (Å²) < 4.78 is 11.7. The second-order valence-corrected chi connectivity index (χ2v) is 8.68. The van der Waals surface area contributed by atoms with E-state index >= 15 is 0 Å². The highest BCUT2D eigenvalue weighted by Gasteiger charge is 2.32. The summed E-state index contributed by atoms with van der Waals surface area (Å²) in [6.45, 7) is 2.24. The van der Waals surface area contributed by atoms with Crippen molar-refractivity contribution >= 4 is 23.5 Å². The molecule has 0 saturated heterocycles. The van der Waals surface area contributed by atoms with Crippen LogP contribution in [0.5, 0.6) is 11.5 Å². The Morgan fingerprint density at radius 1 is 1.24 bits per heavy atom. The van der Waals surface area contributed by atoms with E-state index in [1.807, 2.05) is 59.9 Å². The van der Waals surface area contributed by atoms with E-state index < -0.39 is 5.72 Å². The summed E-state index contributed by atoms with van der Waals surface area (Å²) in [7, 11) is 1.71. The number of methoxy groups -OCH3 is 1. The summed E-state index contributed by atoms with van der Waals surface area (Å²) in [5.41, 5.74) is 6.03. The lowest BCUT2D eigenvalue weighted by Crippen LogP contribution is -2.47. The molecule has 0 aliphatic carbocycles. The van der Waals surface area contributed by atoms with Crippen LogP contribution in [0.2, 0.25) is 0 Å². The molecule has 0 saturated carbocycles. The predicted molar refractivity (Wildman–Crippen MR) is 107 cm³/mol. The van der Waals surface area contributed by atoms with Crippen molar-refractivity contribution in [2.45, 2.75) is 35.3 Å². The van der Waals surface area contributed by atoms with Gasteiger partial charge in [0.25, 0.3) is 0 Å². The third kappa shape index (κ3) is 4.87. The van der Waals surface area contributed by atoms with Crippen LogP contribution in [-0.2, 0) is 0 Å². The number of fused-ring (bicyclic) bond motifs is 1. The molecule has 134 valence electrons. The first kappa shape index (κ1) is 18.5. The number of hydrogen-bond acceptors (Lipinski definition) is 5. The number of ether oxygens (including phenoxy) is 2. The SMILES string of the molecule is COc1ccccc1SC[C@@H](C)C[C@]1(N)CCSc2ccccc2O1. The third-order valence-electron chi connectivity index (χ3n) is 4.23. The Morgan fingerprint density at radius 2 is 2.00 bits per heavy atom. The Kier molecular flexibility index (Phi) is 6.20. The van der Waals surface area contributed by atoms with Crippen molar-refractivity contribution in [3.05, 3.63) is 48.5 Å². The highest BCUT2D eigenvalue weighted by atomic mass is 32.2. The minimum atomic E-state index is -0.597. The molecule has 0 spiro atoms. The molecule has 3 rings (SSSR count). The monoisotopic (exact) mass is 375 g/mol. The summed E-state index contributed by atoms with van der Waals surface area (Å²) in [5.74, 6) is 4.25. The van der Waals surface area contributed by atoms with Crippen molar-refractivity contribution in [3.63, 3.8) is 0 Å². The maximum atomic E-state index is 6.63. The van der Waals surface area contributed by atoms with E-state index in [2.05, 4.69) is 19.1 Å². The van der Waals surface area contributed by atoms with Crippen LogP contribution < -0.4 is 15.2 Å². The van der Waals surface area contributed by atoms with E-state index in [4.69, 9.17) is 15.2 Å². The number of para-hydroxylation sites is 2. The third-order valence-corrected chi connectivity index (χ3v) is 6.67. The lowest BCUT2D eigenvalue weighted by atomic mass is 9.98. The lowest BCUT2D eigenvalue weighted by molar-refractivity contribution is 0.0498. The molecule has 1 aliphatic heterocycles. The fourth-order valence-electron chi connectivity index (χ4n) is 3.02. The number of nitrogens with two attached hydrogens (primary N) is 1. The lowest BCUT2D eigenvalue weighted by Gasteiger charge is -2.31. The van der Waals surface area contributed by atoms with E-state index in [0.717, 1.165) is 35.8 Å². The molecule has 0 unspecified atom stereocenters. The maximum absolute atomic E-state index is 6.63. The highest BCUT2D eigenvalue weighted by Crippen LogP contribution is 2.38. The first-order valence-corrected chi connectivity index (χ1v) is 10.5. The van der Waals surface area contributed by atoms with Crippen LogP contribution in [0.1, 0.15) is 19.8 Å². The zero-order valence-electron chi connectivity index (χ0n) is 14.7. The van der Waals surface area contributed by atoms with Crippen molar-refractivity contribution in [1.29, 1.82) is 0 Å². The number of hydrogen-bond donors (Lipinski definition) is 1. The van der Waals surface area contributed by atoms with Gasteiger partial charge in [-0.15, -0.1) is 23.5 Å². The number of thioether (sulfide) groups is 2. The van der Waals surface area contributed by atoms with Gasteiger partial charge in [-0.2, -0.15) is 0 Å². The van der Waals surface area contributed by atoms with Crippen molar-refractivity contribution in [1.82, 2.24) is 0 Å². The van der Waals surface area contributed by atoms with Gasteiger partial charge in [0.1, 0.15) is 11.5 Å². The first-order valence-electron chi connectivity index (χ1n) is 8.55. The molecule has 2 aromatic rings. The molecular formula is C20H25NO2S2. The molecule has 0 bridgehead atoms. The molecule has 3 nitrogen and oxygen atoms in total. The topological polar surface area (TPSA) is 44.5 Å². The predicted octanol–water partition coefficient (Wildman–Crippen LogP) is 5.04. The molecule has 0 amide bonds. The Hall–Kier alpha value is -1.30. The van der Waals surface area contributed by atoms with Gasteiger partial charge in [-0.1, -0.05) is 31.2 Å². The smallest absolute Gasteiger partial charge is 0.159 e. The van der Waals surface area contributed by atoms with E-state index in [0.29, 0.717) is 5.92 Å². The molecule has 2 atom stereocenters. The van der Waals surface area contributed by atoms with Gasteiger partial charge in [0.05, 0.1) is 7.11 Å². The van der Waals surface area contributed by atoms with Crippen LogP contribution >= 0.6 is 23.5 Å². The molecule has 1 heterocycles. The fourth-order valence-corrected chi connectivity index (χ4v) is 5.16. The molecule has 2 aromatic carbocycles. The van der Waals surface area contributed by atoms with E-state index in [1.165, 1.54) is 9.79 Å². The van der Waals surface area contributed by atoms with E-state index in [9.17, 15) is 0 Å². The minimum Gasteiger partial charge on any atom is -0.496 e. The summed E-state index contributed by atoms with van der Waals surface area (Å²) in [6, 6.07) is 16.3. The number of benzene rings is 2. The molecule has 25 heavy (non-hydrogen) atoms. The summed E-state index contributed by atoms with van der Waals surface area (Å²) >= 11 is 3.64. The molecule has 1 aliphatic rings. The summed E-state index contributed by atoms with van der Waals surface area (Å²) in [4.78, 5) is 2.36. The fraction of sp³-hybridized carbons (Fsp3) is 0.400. The normalized spacial score (nSPS) is 20.9. The van der Waals surface area contributed by atoms with Crippen LogP contribution in [0.25, 0.3) is 0 Å². The second kappa shape index (κ2) is 8.39. The van der Waals surface area contributed by atoms with E-state index in [1.54, 1.807) is 7.11 Å². The zero-order valence-corrected chi connectivity index (χ0v) is 16.4. The van der Waals surface area contributed by atoms with Gasteiger partial charge < -0.3 is 9.47 Å². The average Bonchev–Trinajstić information content (AvgIpc) is 2.78. The summed E-state index contributed by atoms with van der Waals surface area (Å²) in [5, 5.41) is 0. The van der Waals surface area contributed by atoms with Gasteiger partial charge in [-0.25, -0.2) is 0 Å². The first-order chi connectivity index (χ1) is 12.1. The van der Waals surface area contributed by atoms with Crippen LogP contribution in [0.4, 0.5) is 0 Å². The molecule has 2 N–H and O–H groups in total. The van der Waals surface area contributed by atoms with Gasteiger partial charge >= 0.3 is 0 Å². The van der Waals surface area contributed by atoms with Gasteiger partial charge in [0.2, 0.25) is 0 Å².